The Balaban J connectivity index is 1.58. The van der Waals surface area contributed by atoms with Crippen LogP contribution >= 0.6 is 0 Å². The molecule has 20 heavy (non-hydrogen) atoms. The standard InChI is InChI=1S/C16H28N4/c1-2-8-17-9-5-6-11-19-12-14-20(15-13-19)16-7-3-4-10-18-16/h3-4,7,10,17H,2,5-6,8-9,11-15H2,1H3. The van der Waals surface area contributed by atoms with Crippen molar-refractivity contribution in [1.82, 2.24) is 15.2 Å². The summed E-state index contributed by atoms with van der Waals surface area (Å²) in [5, 5.41) is 3.47. The van der Waals surface area contributed by atoms with Gasteiger partial charge in [0, 0.05) is 32.4 Å². The number of hydrogen-bond acceptors (Lipinski definition) is 4. The van der Waals surface area contributed by atoms with E-state index in [1.807, 2.05) is 12.3 Å². The molecule has 1 aliphatic heterocycles. The molecular weight excluding hydrogens is 248 g/mol. The van der Waals surface area contributed by atoms with E-state index in [1.54, 1.807) is 0 Å². The van der Waals surface area contributed by atoms with E-state index < -0.39 is 0 Å². The van der Waals surface area contributed by atoms with Gasteiger partial charge in [0.05, 0.1) is 0 Å². The number of aromatic nitrogens is 1. The van der Waals surface area contributed by atoms with Gasteiger partial charge in [-0.05, 0) is 51.0 Å². The van der Waals surface area contributed by atoms with Gasteiger partial charge < -0.3 is 10.2 Å². The summed E-state index contributed by atoms with van der Waals surface area (Å²) in [5.41, 5.74) is 0. The second-order valence-electron chi connectivity index (χ2n) is 5.47. The van der Waals surface area contributed by atoms with Crippen LogP contribution in [0.4, 0.5) is 5.82 Å². The quantitative estimate of drug-likeness (QED) is 0.736. The molecule has 4 nitrogen and oxygen atoms in total. The van der Waals surface area contributed by atoms with Gasteiger partial charge in [-0.2, -0.15) is 0 Å². The molecule has 1 N–H and O–H groups in total. The number of unbranched alkanes of at least 4 members (excludes halogenated alkanes) is 1. The van der Waals surface area contributed by atoms with Crippen LogP contribution in [0.5, 0.6) is 0 Å². The fraction of sp³-hybridized carbons (Fsp3) is 0.688. The van der Waals surface area contributed by atoms with Crippen molar-refractivity contribution >= 4 is 5.82 Å². The Morgan fingerprint density at radius 3 is 2.65 bits per heavy atom. The molecule has 1 aromatic heterocycles. The molecule has 112 valence electrons. The van der Waals surface area contributed by atoms with Gasteiger partial charge in [-0.3, -0.25) is 4.90 Å². The third-order valence-corrected chi connectivity index (χ3v) is 3.85. The third-order valence-electron chi connectivity index (χ3n) is 3.85. The van der Waals surface area contributed by atoms with Gasteiger partial charge in [-0.25, -0.2) is 4.98 Å². The van der Waals surface area contributed by atoms with Crippen LogP contribution in [-0.2, 0) is 0 Å². The van der Waals surface area contributed by atoms with Crippen LogP contribution in [0.1, 0.15) is 26.2 Å². The summed E-state index contributed by atoms with van der Waals surface area (Å²) in [6, 6.07) is 6.15. The molecule has 0 amide bonds. The lowest BCUT2D eigenvalue weighted by Gasteiger charge is -2.35. The van der Waals surface area contributed by atoms with E-state index >= 15 is 0 Å². The summed E-state index contributed by atoms with van der Waals surface area (Å²) in [4.78, 5) is 9.40. The van der Waals surface area contributed by atoms with Gasteiger partial charge in [0.15, 0.2) is 0 Å². The molecule has 0 aliphatic carbocycles. The number of rotatable bonds is 8. The van der Waals surface area contributed by atoms with Crippen molar-refractivity contribution in [3.05, 3.63) is 24.4 Å². The Hall–Kier alpha value is -1.13. The van der Waals surface area contributed by atoms with Crippen molar-refractivity contribution in [2.24, 2.45) is 0 Å². The molecule has 2 heterocycles. The largest absolute Gasteiger partial charge is 0.354 e. The highest BCUT2D eigenvalue weighted by molar-refractivity contribution is 5.38. The summed E-state index contributed by atoms with van der Waals surface area (Å²) in [6.45, 7) is 10.3. The SMILES string of the molecule is CCCNCCCCN1CCN(c2ccccn2)CC1. The fourth-order valence-electron chi connectivity index (χ4n) is 2.63. The van der Waals surface area contributed by atoms with E-state index in [0.717, 1.165) is 25.5 Å². The van der Waals surface area contributed by atoms with Crippen molar-refractivity contribution in [1.29, 1.82) is 0 Å². The number of piperazine rings is 1. The normalized spacial score (nSPS) is 16.6. The third kappa shape index (κ3) is 5.10. The monoisotopic (exact) mass is 276 g/mol. The highest BCUT2D eigenvalue weighted by atomic mass is 15.3. The molecule has 0 unspecified atom stereocenters. The van der Waals surface area contributed by atoms with Crippen LogP contribution in [0.2, 0.25) is 0 Å². The molecule has 2 rings (SSSR count). The number of nitrogens with zero attached hydrogens (tertiary/aromatic N) is 3. The molecule has 0 saturated carbocycles. The van der Waals surface area contributed by atoms with Crippen LogP contribution in [0.15, 0.2) is 24.4 Å². The summed E-state index contributed by atoms with van der Waals surface area (Å²) in [6.07, 6.45) is 5.71. The minimum atomic E-state index is 1.10. The number of pyridine rings is 1. The topological polar surface area (TPSA) is 31.4 Å². The highest BCUT2D eigenvalue weighted by Crippen LogP contribution is 2.12. The summed E-state index contributed by atoms with van der Waals surface area (Å²) in [5.74, 6) is 1.12. The zero-order valence-electron chi connectivity index (χ0n) is 12.7. The highest BCUT2D eigenvalue weighted by Gasteiger charge is 2.16. The van der Waals surface area contributed by atoms with Crippen LogP contribution in [0, 0.1) is 0 Å². The molecule has 0 atom stereocenters. The first-order valence-corrected chi connectivity index (χ1v) is 7.99. The van der Waals surface area contributed by atoms with Crippen molar-refractivity contribution in [3.63, 3.8) is 0 Å². The minimum Gasteiger partial charge on any atom is -0.354 e. The molecule has 4 heteroatoms. The van der Waals surface area contributed by atoms with Gasteiger partial charge in [0.25, 0.3) is 0 Å². The average Bonchev–Trinajstić information content (AvgIpc) is 2.52. The Morgan fingerprint density at radius 2 is 1.95 bits per heavy atom. The lowest BCUT2D eigenvalue weighted by Crippen LogP contribution is -2.46. The molecule has 1 aromatic rings. The average molecular weight is 276 g/mol. The number of hydrogen-bond donors (Lipinski definition) is 1. The smallest absolute Gasteiger partial charge is 0.128 e. The van der Waals surface area contributed by atoms with E-state index in [9.17, 15) is 0 Å². The van der Waals surface area contributed by atoms with Crippen molar-refractivity contribution in [2.75, 3.05) is 50.7 Å². The first kappa shape index (κ1) is 15.3. The van der Waals surface area contributed by atoms with Crippen LogP contribution < -0.4 is 10.2 Å². The number of anilines is 1. The first-order chi connectivity index (χ1) is 9.90. The van der Waals surface area contributed by atoms with E-state index in [0.29, 0.717) is 0 Å². The maximum Gasteiger partial charge on any atom is 0.128 e. The first-order valence-electron chi connectivity index (χ1n) is 7.99. The molecular formula is C16H28N4. The Labute approximate surface area is 123 Å². The minimum absolute atomic E-state index is 1.10. The Kier molecular flexibility index (Phi) is 6.81. The molecule has 0 aromatic carbocycles. The Morgan fingerprint density at radius 1 is 1.10 bits per heavy atom. The zero-order chi connectivity index (χ0) is 14.0. The van der Waals surface area contributed by atoms with E-state index in [2.05, 4.69) is 39.2 Å². The zero-order valence-corrected chi connectivity index (χ0v) is 12.7. The van der Waals surface area contributed by atoms with Crippen molar-refractivity contribution in [2.45, 2.75) is 26.2 Å². The summed E-state index contributed by atoms with van der Waals surface area (Å²) < 4.78 is 0. The predicted octanol–water partition coefficient (Wildman–Crippen LogP) is 1.98. The Bertz CT molecular complexity index is 347. The fourth-order valence-corrected chi connectivity index (χ4v) is 2.63. The second-order valence-corrected chi connectivity index (χ2v) is 5.47. The molecule has 1 saturated heterocycles. The summed E-state index contributed by atoms with van der Waals surface area (Å²) in [7, 11) is 0. The molecule has 0 bridgehead atoms. The van der Waals surface area contributed by atoms with Gasteiger partial charge in [0.1, 0.15) is 5.82 Å². The maximum atomic E-state index is 4.43. The van der Waals surface area contributed by atoms with Crippen LogP contribution in [0.25, 0.3) is 0 Å². The van der Waals surface area contributed by atoms with E-state index in [4.69, 9.17) is 0 Å². The molecule has 0 radical (unpaired) electrons. The lowest BCUT2D eigenvalue weighted by atomic mass is 10.2. The van der Waals surface area contributed by atoms with Gasteiger partial charge >= 0.3 is 0 Å². The lowest BCUT2D eigenvalue weighted by molar-refractivity contribution is 0.252. The van der Waals surface area contributed by atoms with Crippen molar-refractivity contribution in [3.8, 4) is 0 Å². The van der Waals surface area contributed by atoms with Crippen LogP contribution in [0.3, 0.4) is 0 Å². The number of nitrogens with one attached hydrogen (secondary N) is 1. The van der Waals surface area contributed by atoms with Gasteiger partial charge in [-0.1, -0.05) is 13.0 Å². The van der Waals surface area contributed by atoms with Crippen molar-refractivity contribution < 1.29 is 0 Å². The van der Waals surface area contributed by atoms with E-state index in [1.165, 1.54) is 45.4 Å². The van der Waals surface area contributed by atoms with E-state index in [-0.39, 0.29) is 0 Å². The molecule has 1 fully saturated rings. The van der Waals surface area contributed by atoms with Gasteiger partial charge in [-0.15, -0.1) is 0 Å². The maximum absolute atomic E-state index is 4.43. The second kappa shape index (κ2) is 8.93. The van der Waals surface area contributed by atoms with Gasteiger partial charge in [0.2, 0.25) is 0 Å². The summed E-state index contributed by atoms with van der Waals surface area (Å²) >= 11 is 0. The van der Waals surface area contributed by atoms with Crippen LogP contribution in [-0.4, -0.2) is 55.7 Å². The molecule has 1 aliphatic rings. The molecule has 0 spiro atoms. The predicted molar refractivity (Wildman–Crippen MR) is 85.3 cm³/mol.